The normalized spacial score (nSPS) is 13.6. The molecule has 0 amide bonds. The minimum atomic E-state index is 0.551. The van der Waals surface area contributed by atoms with Crippen molar-refractivity contribution < 1.29 is 0 Å². The Morgan fingerprint density at radius 3 is 2.13 bits per heavy atom. The predicted octanol–water partition coefficient (Wildman–Crippen LogP) is 3.73. The van der Waals surface area contributed by atoms with E-state index in [1.54, 1.807) is 0 Å². The molecule has 0 aromatic heterocycles. The first-order valence-electron chi connectivity index (χ1n) is 5.89. The van der Waals surface area contributed by atoms with Crippen LogP contribution in [-0.4, -0.2) is 24.5 Å². The lowest BCUT2D eigenvalue weighted by atomic mass is 9.88. The summed E-state index contributed by atoms with van der Waals surface area (Å²) < 4.78 is 0. The van der Waals surface area contributed by atoms with Gasteiger partial charge in [-0.25, -0.2) is 0 Å². The van der Waals surface area contributed by atoms with Crippen molar-refractivity contribution >= 4 is 0 Å². The highest BCUT2D eigenvalue weighted by molar-refractivity contribution is 5.06. The van der Waals surface area contributed by atoms with Gasteiger partial charge in [0, 0.05) is 12.6 Å². The van der Waals surface area contributed by atoms with Crippen LogP contribution in [0.25, 0.3) is 0 Å². The molecule has 0 aromatic rings. The van der Waals surface area contributed by atoms with Gasteiger partial charge in [-0.1, -0.05) is 32.1 Å². The van der Waals surface area contributed by atoms with Gasteiger partial charge in [-0.2, -0.15) is 0 Å². The fourth-order valence-corrected chi connectivity index (χ4v) is 1.57. The third-order valence-electron chi connectivity index (χ3n) is 3.11. The van der Waals surface area contributed by atoms with E-state index in [0.717, 1.165) is 13.0 Å². The number of nitrogens with zero attached hydrogens (tertiary/aromatic N) is 1. The molecule has 0 aromatic carbocycles. The Morgan fingerprint density at radius 1 is 1.27 bits per heavy atom. The highest BCUT2D eigenvalue weighted by Gasteiger charge is 2.17. The second-order valence-electron chi connectivity index (χ2n) is 4.98. The SMILES string of the molecule is C=CCC(CN(C)C(C)C)C(=C)C(C)C. The van der Waals surface area contributed by atoms with Crippen molar-refractivity contribution in [2.24, 2.45) is 11.8 Å². The Hall–Kier alpha value is -0.560. The predicted molar refractivity (Wildman–Crippen MR) is 70.0 cm³/mol. The van der Waals surface area contributed by atoms with E-state index in [1.807, 2.05) is 6.08 Å². The van der Waals surface area contributed by atoms with Crippen molar-refractivity contribution in [3.8, 4) is 0 Å². The summed E-state index contributed by atoms with van der Waals surface area (Å²) in [4.78, 5) is 2.38. The van der Waals surface area contributed by atoms with E-state index in [1.165, 1.54) is 5.57 Å². The first-order valence-corrected chi connectivity index (χ1v) is 5.89. The number of hydrogen-bond donors (Lipinski definition) is 0. The van der Waals surface area contributed by atoms with E-state index >= 15 is 0 Å². The third kappa shape index (κ3) is 5.17. The Labute approximate surface area is 95.9 Å². The lowest BCUT2D eigenvalue weighted by molar-refractivity contribution is 0.239. The van der Waals surface area contributed by atoms with Crippen LogP contribution in [0.5, 0.6) is 0 Å². The molecule has 0 N–H and O–H groups in total. The van der Waals surface area contributed by atoms with Gasteiger partial charge in [0.05, 0.1) is 0 Å². The minimum absolute atomic E-state index is 0.551. The average Bonchev–Trinajstić information content (AvgIpc) is 2.15. The largest absolute Gasteiger partial charge is 0.303 e. The summed E-state index contributed by atoms with van der Waals surface area (Å²) in [6, 6.07) is 0.595. The standard InChI is InChI=1S/C14H27N/c1-8-9-14(13(6)11(2)3)10-15(7)12(4)5/h8,11-12,14H,1,6,9-10H2,2-5,7H3. The molecular weight excluding hydrogens is 182 g/mol. The molecule has 1 nitrogen and oxygen atoms in total. The van der Waals surface area contributed by atoms with E-state index in [4.69, 9.17) is 0 Å². The maximum absolute atomic E-state index is 4.21. The van der Waals surface area contributed by atoms with Gasteiger partial charge in [0.2, 0.25) is 0 Å². The molecule has 15 heavy (non-hydrogen) atoms. The molecule has 0 aliphatic heterocycles. The number of rotatable bonds is 7. The molecule has 1 unspecified atom stereocenters. The minimum Gasteiger partial charge on any atom is -0.303 e. The van der Waals surface area contributed by atoms with Crippen molar-refractivity contribution in [3.63, 3.8) is 0 Å². The van der Waals surface area contributed by atoms with Gasteiger partial charge in [0.25, 0.3) is 0 Å². The molecule has 0 heterocycles. The molecule has 0 radical (unpaired) electrons. The van der Waals surface area contributed by atoms with Gasteiger partial charge in [0.1, 0.15) is 0 Å². The second-order valence-corrected chi connectivity index (χ2v) is 4.98. The Morgan fingerprint density at radius 2 is 1.80 bits per heavy atom. The van der Waals surface area contributed by atoms with Crippen LogP contribution in [0.3, 0.4) is 0 Å². The van der Waals surface area contributed by atoms with Gasteiger partial charge in [0.15, 0.2) is 0 Å². The first kappa shape index (κ1) is 14.4. The summed E-state index contributed by atoms with van der Waals surface area (Å²) >= 11 is 0. The summed E-state index contributed by atoms with van der Waals surface area (Å²) in [5, 5.41) is 0. The van der Waals surface area contributed by atoms with Crippen molar-refractivity contribution in [1.29, 1.82) is 0 Å². The lowest BCUT2D eigenvalue weighted by Crippen LogP contribution is -2.32. The van der Waals surface area contributed by atoms with E-state index in [2.05, 4.69) is 52.8 Å². The average molecular weight is 209 g/mol. The zero-order chi connectivity index (χ0) is 12.0. The molecule has 0 fully saturated rings. The molecule has 0 saturated carbocycles. The third-order valence-corrected chi connectivity index (χ3v) is 3.11. The molecule has 1 heteroatoms. The Kier molecular flexibility index (Phi) is 6.58. The highest BCUT2D eigenvalue weighted by atomic mass is 15.1. The molecular formula is C14H27N. The van der Waals surface area contributed by atoms with Gasteiger partial charge >= 0.3 is 0 Å². The topological polar surface area (TPSA) is 3.24 Å². The molecule has 0 aliphatic carbocycles. The molecule has 0 saturated heterocycles. The van der Waals surface area contributed by atoms with Crippen LogP contribution in [0.2, 0.25) is 0 Å². The van der Waals surface area contributed by atoms with Gasteiger partial charge < -0.3 is 4.90 Å². The molecule has 1 atom stereocenters. The second kappa shape index (κ2) is 6.84. The van der Waals surface area contributed by atoms with Crippen molar-refractivity contribution in [1.82, 2.24) is 4.90 Å². The van der Waals surface area contributed by atoms with Gasteiger partial charge in [-0.05, 0) is 39.2 Å². The van der Waals surface area contributed by atoms with Crippen molar-refractivity contribution in [2.75, 3.05) is 13.6 Å². The summed E-state index contributed by atoms with van der Waals surface area (Å²) in [5.41, 5.74) is 1.35. The zero-order valence-corrected chi connectivity index (χ0v) is 11.1. The van der Waals surface area contributed by atoms with Gasteiger partial charge in [-0.3, -0.25) is 0 Å². The van der Waals surface area contributed by atoms with Crippen LogP contribution in [0.1, 0.15) is 34.1 Å². The van der Waals surface area contributed by atoms with Crippen LogP contribution < -0.4 is 0 Å². The van der Waals surface area contributed by atoms with E-state index in [-0.39, 0.29) is 0 Å². The van der Waals surface area contributed by atoms with Crippen LogP contribution in [0.4, 0.5) is 0 Å². The lowest BCUT2D eigenvalue weighted by Gasteiger charge is -2.29. The monoisotopic (exact) mass is 209 g/mol. The van der Waals surface area contributed by atoms with E-state index in [9.17, 15) is 0 Å². The maximum Gasteiger partial charge on any atom is 0.00496 e. The van der Waals surface area contributed by atoms with Crippen LogP contribution in [0, 0.1) is 11.8 Å². The van der Waals surface area contributed by atoms with Crippen LogP contribution >= 0.6 is 0 Å². The Balaban J connectivity index is 4.39. The van der Waals surface area contributed by atoms with Crippen molar-refractivity contribution in [2.45, 2.75) is 40.2 Å². The molecule has 88 valence electrons. The van der Waals surface area contributed by atoms with Crippen LogP contribution in [-0.2, 0) is 0 Å². The summed E-state index contributed by atoms with van der Waals surface area (Å²) in [6.07, 6.45) is 3.04. The summed E-state index contributed by atoms with van der Waals surface area (Å²) in [5.74, 6) is 1.12. The zero-order valence-electron chi connectivity index (χ0n) is 11.1. The number of hydrogen-bond acceptors (Lipinski definition) is 1. The van der Waals surface area contributed by atoms with E-state index in [0.29, 0.717) is 17.9 Å². The fraction of sp³-hybridized carbons (Fsp3) is 0.714. The van der Waals surface area contributed by atoms with Gasteiger partial charge in [-0.15, -0.1) is 6.58 Å². The van der Waals surface area contributed by atoms with Crippen molar-refractivity contribution in [3.05, 3.63) is 24.8 Å². The fourth-order valence-electron chi connectivity index (χ4n) is 1.57. The van der Waals surface area contributed by atoms with E-state index < -0.39 is 0 Å². The molecule has 0 rings (SSSR count). The molecule has 0 spiro atoms. The summed E-state index contributed by atoms with van der Waals surface area (Å²) in [7, 11) is 2.17. The quantitative estimate of drug-likeness (QED) is 0.577. The maximum atomic E-state index is 4.21. The smallest absolute Gasteiger partial charge is 0.00496 e. The number of allylic oxidation sites excluding steroid dienone is 1. The summed E-state index contributed by atoms with van der Waals surface area (Å²) in [6.45, 7) is 18.0. The highest BCUT2D eigenvalue weighted by Crippen LogP contribution is 2.22. The molecule has 0 bridgehead atoms. The molecule has 0 aliphatic rings. The van der Waals surface area contributed by atoms with Crippen LogP contribution in [0.15, 0.2) is 24.8 Å². The first-order chi connectivity index (χ1) is 6.90. The Bertz CT molecular complexity index is 203.